The van der Waals surface area contributed by atoms with Crippen LogP contribution in [-0.2, 0) is 10.0 Å². The van der Waals surface area contributed by atoms with Crippen molar-refractivity contribution < 1.29 is 13.5 Å². The maximum Gasteiger partial charge on any atom is 0.243 e. The van der Waals surface area contributed by atoms with Crippen molar-refractivity contribution in [3.8, 4) is 0 Å². The van der Waals surface area contributed by atoms with Gasteiger partial charge >= 0.3 is 0 Å². The van der Waals surface area contributed by atoms with Crippen LogP contribution in [0.1, 0.15) is 19.3 Å². The summed E-state index contributed by atoms with van der Waals surface area (Å²) in [4.78, 5) is 0.279. The number of sulfonamides is 1. The molecule has 4 N–H and O–H groups in total. The molecule has 0 bridgehead atoms. The van der Waals surface area contributed by atoms with Crippen LogP contribution in [0.5, 0.6) is 0 Å². The predicted octanol–water partition coefficient (Wildman–Crippen LogP) is 0.755. The highest BCUT2D eigenvalue weighted by Crippen LogP contribution is 2.25. The lowest BCUT2D eigenvalue weighted by Gasteiger charge is -2.31. The Morgan fingerprint density at radius 2 is 2.05 bits per heavy atom. The molecule has 1 aromatic rings. The van der Waals surface area contributed by atoms with Gasteiger partial charge in [0.2, 0.25) is 10.0 Å². The van der Waals surface area contributed by atoms with Gasteiger partial charge in [-0.3, -0.25) is 5.84 Å². The van der Waals surface area contributed by atoms with Crippen LogP contribution in [0.2, 0.25) is 0 Å². The Morgan fingerprint density at radius 3 is 2.65 bits per heavy atom. The smallest absolute Gasteiger partial charge is 0.243 e. The van der Waals surface area contributed by atoms with Gasteiger partial charge in [0, 0.05) is 25.4 Å². The number of piperidine rings is 1. The standard InChI is InChI=1S/C13H21N3O3S/c14-15-12-3-5-13(6-4-12)20(18,19)16-8-1-2-11(10-16)7-9-17/h3-6,11,15,17H,1-2,7-10,14H2. The lowest BCUT2D eigenvalue weighted by molar-refractivity contribution is 0.203. The first-order valence-electron chi connectivity index (χ1n) is 6.75. The number of aliphatic hydroxyl groups excluding tert-OH is 1. The molecule has 2 rings (SSSR count). The van der Waals surface area contributed by atoms with Gasteiger partial charge in [-0.15, -0.1) is 0 Å². The van der Waals surface area contributed by atoms with Gasteiger partial charge in [0.25, 0.3) is 0 Å². The molecular weight excluding hydrogens is 278 g/mol. The van der Waals surface area contributed by atoms with E-state index < -0.39 is 10.0 Å². The predicted molar refractivity (Wildman–Crippen MR) is 77.4 cm³/mol. The number of anilines is 1. The minimum atomic E-state index is -3.46. The summed E-state index contributed by atoms with van der Waals surface area (Å²) in [5.74, 6) is 5.51. The molecule has 1 fully saturated rings. The van der Waals surface area contributed by atoms with E-state index in [4.69, 9.17) is 10.9 Å². The van der Waals surface area contributed by atoms with Crippen LogP contribution in [0.3, 0.4) is 0 Å². The van der Waals surface area contributed by atoms with Crippen molar-refractivity contribution in [2.45, 2.75) is 24.2 Å². The highest BCUT2D eigenvalue weighted by Gasteiger charge is 2.29. The van der Waals surface area contributed by atoms with Crippen molar-refractivity contribution in [3.63, 3.8) is 0 Å². The Balaban J connectivity index is 2.16. The minimum absolute atomic E-state index is 0.107. The number of rotatable bonds is 5. The van der Waals surface area contributed by atoms with Gasteiger partial charge in [-0.05, 0) is 49.4 Å². The number of nitrogens with two attached hydrogens (primary N) is 1. The Morgan fingerprint density at radius 1 is 1.35 bits per heavy atom. The number of nitrogens with zero attached hydrogens (tertiary/aromatic N) is 1. The molecule has 0 aliphatic carbocycles. The van der Waals surface area contributed by atoms with Gasteiger partial charge in [0.15, 0.2) is 0 Å². The molecule has 112 valence electrons. The van der Waals surface area contributed by atoms with E-state index in [1.54, 1.807) is 24.3 Å². The molecule has 1 atom stereocenters. The molecule has 1 saturated heterocycles. The van der Waals surface area contributed by atoms with Crippen LogP contribution in [-0.4, -0.2) is 37.5 Å². The number of hydrazine groups is 1. The van der Waals surface area contributed by atoms with E-state index >= 15 is 0 Å². The van der Waals surface area contributed by atoms with Gasteiger partial charge in [-0.2, -0.15) is 4.31 Å². The molecule has 1 aliphatic rings. The van der Waals surface area contributed by atoms with Gasteiger partial charge in [-0.25, -0.2) is 8.42 Å². The average molecular weight is 299 g/mol. The van der Waals surface area contributed by atoms with Crippen molar-refractivity contribution in [1.29, 1.82) is 0 Å². The molecule has 6 nitrogen and oxygen atoms in total. The molecule has 0 amide bonds. The highest BCUT2D eigenvalue weighted by atomic mass is 32.2. The molecule has 1 unspecified atom stereocenters. The quantitative estimate of drug-likeness (QED) is 0.551. The van der Waals surface area contributed by atoms with Crippen LogP contribution >= 0.6 is 0 Å². The molecule has 0 saturated carbocycles. The fraction of sp³-hybridized carbons (Fsp3) is 0.538. The van der Waals surface area contributed by atoms with Crippen molar-refractivity contribution >= 4 is 15.7 Å². The van der Waals surface area contributed by atoms with Crippen molar-refractivity contribution in [3.05, 3.63) is 24.3 Å². The highest BCUT2D eigenvalue weighted by molar-refractivity contribution is 7.89. The first kappa shape index (κ1) is 15.2. The largest absolute Gasteiger partial charge is 0.396 e. The topological polar surface area (TPSA) is 95.7 Å². The Labute approximate surface area is 119 Å². The second-order valence-electron chi connectivity index (χ2n) is 5.05. The molecule has 20 heavy (non-hydrogen) atoms. The fourth-order valence-corrected chi connectivity index (χ4v) is 4.09. The van der Waals surface area contributed by atoms with E-state index in [2.05, 4.69) is 5.43 Å². The van der Waals surface area contributed by atoms with Crippen LogP contribution in [0.15, 0.2) is 29.2 Å². The first-order valence-corrected chi connectivity index (χ1v) is 8.19. The number of nitrogen functional groups attached to an aromatic ring is 1. The Bertz CT molecular complexity index is 528. The summed E-state index contributed by atoms with van der Waals surface area (Å²) >= 11 is 0. The summed E-state index contributed by atoms with van der Waals surface area (Å²) in [7, 11) is -3.46. The number of nitrogens with one attached hydrogen (secondary N) is 1. The monoisotopic (exact) mass is 299 g/mol. The minimum Gasteiger partial charge on any atom is -0.396 e. The summed E-state index contributed by atoms with van der Waals surface area (Å²) in [6.07, 6.45) is 2.47. The van der Waals surface area contributed by atoms with E-state index in [9.17, 15) is 8.42 Å². The van der Waals surface area contributed by atoms with E-state index in [1.807, 2.05) is 0 Å². The summed E-state index contributed by atoms with van der Waals surface area (Å²) < 4.78 is 26.6. The normalized spacial score (nSPS) is 20.8. The van der Waals surface area contributed by atoms with E-state index in [0.717, 1.165) is 12.8 Å². The molecular formula is C13H21N3O3S. The molecule has 7 heteroatoms. The maximum atomic E-state index is 12.5. The molecule has 1 heterocycles. The van der Waals surface area contributed by atoms with Crippen LogP contribution in [0.25, 0.3) is 0 Å². The third-order valence-electron chi connectivity index (χ3n) is 3.68. The summed E-state index contributed by atoms with van der Waals surface area (Å²) in [5.41, 5.74) is 3.14. The fourth-order valence-electron chi connectivity index (χ4n) is 2.54. The van der Waals surface area contributed by atoms with E-state index in [1.165, 1.54) is 4.31 Å². The van der Waals surface area contributed by atoms with Gasteiger partial charge < -0.3 is 10.5 Å². The lowest BCUT2D eigenvalue weighted by atomic mass is 9.97. The third kappa shape index (κ3) is 3.29. The molecule has 0 aromatic heterocycles. The van der Waals surface area contributed by atoms with Gasteiger partial charge in [0.1, 0.15) is 0 Å². The third-order valence-corrected chi connectivity index (χ3v) is 5.56. The number of benzene rings is 1. The molecule has 1 aromatic carbocycles. The molecule has 0 radical (unpaired) electrons. The average Bonchev–Trinajstić information content (AvgIpc) is 2.48. The van der Waals surface area contributed by atoms with Crippen molar-refractivity contribution in [1.82, 2.24) is 4.31 Å². The van der Waals surface area contributed by atoms with Crippen LogP contribution in [0.4, 0.5) is 5.69 Å². The van der Waals surface area contributed by atoms with E-state index in [-0.39, 0.29) is 17.4 Å². The van der Waals surface area contributed by atoms with Crippen molar-refractivity contribution in [2.24, 2.45) is 11.8 Å². The second-order valence-corrected chi connectivity index (χ2v) is 6.99. The summed E-state index contributed by atoms with van der Waals surface area (Å²) in [6.45, 7) is 1.14. The molecule has 0 spiro atoms. The van der Waals surface area contributed by atoms with Gasteiger partial charge in [-0.1, -0.05) is 0 Å². The Kier molecular flexibility index (Phi) is 4.98. The Hall–Kier alpha value is -1.15. The zero-order valence-corrected chi connectivity index (χ0v) is 12.1. The van der Waals surface area contributed by atoms with E-state index in [0.29, 0.717) is 25.2 Å². The SMILES string of the molecule is NNc1ccc(S(=O)(=O)N2CCCC(CCO)C2)cc1. The number of hydrogen-bond acceptors (Lipinski definition) is 5. The van der Waals surface area contributed by atoms with Crippen LogP contribution < -0.4 is 11.3 Å². The maximum absolute atomic E-state index is 12.5. The van der Waals surface area contributed by atoms with Crippen molar-refractivity contribution in [2.75, 3.05) is 25.1 Å². The molecule has 1 aliphatic heterocycles. The van der Waals surface area contributed by atoms with Crippen LogP contribution in [0, 0.1) is 5.92 Å². The number of aliphatic hydroxyl groups is 1. The zero-order valence-electron chi connectivity index (χ0n) is 11.3. The summed E-state index contributed by atoms with van der Waals surface area (Å²) in [6, 6.07) is 6.39. The summed E-state index contributed by atoms with van der Waals surface area (Å²) in [5, 5.41) is 9.00. The number of hydrogen-bond donors (Lipinski definition) is 3. The first-order chi connectivity index (χ1) is 9.57. The second kappa shape index (κ2) is 6.53. The lowest BCUT2D eigenvalue weighted by Crippen LogP contribution is -2.40. The zero-order chi connectivity index (χ0) is 14.6. The van der Waals surface area contributed by atoms with Gasteiger partial charge in [0.05, 0.1) is 4.90 Å².